The molecule has 206 valence electrons. The van der Waals surface area contributed by atoms with Crippen molar-refractivity contribution in [1.29, 1.82) is 0 Å². The number of phenolic OH excluding ortho intramolecular Hbond substituents is 1. The van der Waals surface area contributed by atoms with Crippen molar-refractivity contribution in [3.05, 3.63) is 59.3 Å². The maximum Gasteiger partial charge on any atom is 0.328 e. The number of ether oxygens (including phenoxy) is 1. The van der Waals surface area contributed by atoms with Crippen molar-refractivity contribution >= 4 is 22.8 Å². The summed E-state index contributed by atoms with van der Waals surface area (Å²) in [6.45, 7) is 10.2. The van der Waals surface area contributed by atoms with Gasteiger partial charge in [-0.2, -0.15) is 0 Å². The van der Waals surface area contributed by atoms with Gasteiger partial charge >= 0.3 is 6.03 Å². The van der Waals surface area contributed by atoms with Gasteiger partial charge in [0.25, 0.3) is 5.91 Å². The summed E-state index contributed by atoms with van der Waals surface area (Å²) in [6, 6.07) is 12.2. The smallest absolute Gasteiger partial charge is 0.328 e. The van der Waals surface area contributed by atoms with Crippen LogP contribution in [-0.2, 0) is 11.2 Å². The van der Waals surface area contributed by atoms with Crippen LogP contribution >= 0.6 is 0 Å². The summed E-state index contributed by atoms with van der Waals surface area (Å²) in [7, 11) is 0. The number of piperidine rings is 1. The highest BCUT2D eigenvalue weighted by molar-refractivity contribution is 6.08. The molecule has 2 atom stereocenters. The molecule has 3 aliphatic heterocycles. The van der Waals surface area contributed by atoms with Gasteiger partial charge < -0.3 is 19.7 Å². The van der Waals surface area contributed by atoms with E-state index in [2.05, 4.69) is 16.8 Å². The second-order valence-electron chi connectivity index (χ2n) is 11.6. The molecule has 2 fully saturated rings. The Hall–Kier alpha value is -3.52. The lowest BCUT2D eigenvalue weighted by Crippen LogP contribution is -2.53. The van der Waals surface area contributed by atoms with Gasteiger partial charge in [0.15, 0.2) is 0 Å². The summed E-state index contributed by atoms with van der Waals surface area (Å²) in [5.74, 6) is 1.52. The minimum Gasteiger partial charge on any atom is -0.508 e. The molecule has 3 amide bonds. The lowest BCUT2D eigenvalue weighted by atomic mass is 9.81. The summed E-state index contributed by atoms with van der Waals surface area (Å²) in [4.78, 5) is 37.3. The number of H-pyrrole nitrogens is 1. The zero-order valence-corrected chi connectivity index (χ0v) is 23.1. The fourth-order valence-electron chi connectivity index (χ4n) is 6.73. The predicted octanol–water partition coefficient (Wildman–Crippen LogP) is 5.06. The number of fused-ring (bicyclic) bond motifs is 4. The van der Waals surface area contributed by atoms with Crippen LogP contribution in [0.2, 0.25) is 0 Å². The van der Waals surface area contributed by atoms with E-state index in [1.807, 2.05) is 38.1 Å². The average molecular weight is 531 g/mol. The van der Waals surface area contributed by atoms with E-state index in [4.69, 9.17) is 4.74 Å². The molecule has 4 heterocycles. The van der Waals surface area contributed by atoms with Gasteiger partial charge in [-0.3, -0.25) is 14.6 Å². The second kappa shape index (κ2) is 9.90. The van der Waals surface area contributed by atoms with Crippen LogP contribution in [0.3, 0.4) is 0 Å². The topological polar surface area (TPSA) is 89.1 Å². The number of urea groups is 1. The van der Waals surface area contributed by atoms with Crippen molar-refractivity contribution in [3.63, 3.8) is 0 Å². The highest BCUT2D eigenvalue weighted by Gasteiger charge is 2.60. The number of nitrogens with zero attached hydrogens (tertiary/aromatic N) is 3. The number of amides is 3. The molecule has 0 unspecified atom stereocenters. The van der Waals surface area contributed by atoms with E-state index in [1.165, 1.54) is 17.7 Å². The molecule has 0 aliphatic carbocycles. The summed E-state index contributed by atoms with van der Waals surface area (Å²) < 4.78 is 5.78. The first-order chi connectivity index (χ1) is 18.8. The third-order valence-electron chi connectivity index (χ3n) is 8.87. The molecule has 3 aliphatic rings. The van der Waals surface area contributed by atoms with Crippen molar-refractivity contribution in [2.75, 3.05) is 32.8 Å². The van der Waals surface area contributed by atoms with Crippen LogP contribution in [0.15, 0.2) is 42.5 Å². The molecule has 0 bridgehead atoms. The molecule has 0 saturated carbocycles. The first-order valence-electron chi connectivity index (χ1n) is 14.2. The Kier molecular flexibility index (Phi) is 6.53. The largest absolute Gasteiger partial charge is 0.508 e. The quantitative estimate of drug-likeness (QED) is 0.417. The highest BCUT2D eigenvalue weighted by Crippen LogP contribution is 2.49. The standard InChI is InChI=1S/C31H38N4O4/c1-4-39-23-9-10-26-24(18-23)25-19-31(3)29(37)34(14-6-13-33-15-11-20(2)12-16-33)30(38)35(31)28(27(25)32-26)21-7-5-8-22(36)17-21/h5,7-10,17-18,20,28,32,36H,4,6,11-16,19H2,1-3H3/t28-,31+/m1/s1. The SMILES string of the molecule is CCOc1ccc2[nH]c3c(c2c1)C[C@@]1(C)C(=O)N(CCCN2CCC(C)CC2)C(=O)N1[C@@H]3c1cccc(O)c1. The molecule has 1 aromatic heterocycles. The number of carbonyl (C=O) groups is 2. The molecule has 6 rings (SSSR count). The minimum atomic E-state index is -1.03. The summed E-state index contributed by atoms with van der Waals surface area (Å²) in [5, 5.41) is 11.3. The highest BCUT2D eigenvalue weighted by atomic mass is 16.5. The molecular formula is C31H38N4O4. The van der Waals surface area contributed by atoms with Crippen molar-refractivity contribution < 1.29 is 19.4 Å². The van der Waals surface area contributed by atoms with E-state index in [0.717, 1.165) is 65.4 Å². The number of phenols is 1. The molecule has 39 heavy (non-hydrogen) atoms. The Morgan fingerprint density at radius 3 is 2.64 bits per heavy atom. The number of aromatic nitrogens is 1. The molecule has 3 aromatic rings. The first-order valence-corrected chi connectivity index (χ1v) is 14.2. The van der Waals surface area contributed by atoms with E-state index in [0.29, 0.717) is 19.6 Å². The number of nitrogens with one attached hydrogen (secondary N) is 1. The van der Waals surface area contributed by atoms with Gasteiger partial charge in [0.1, 0.15) is 23.1 Å². The molecule has 0 radical (unpaired) electrons. The molecule has 8 nitrogen and oxygen atoms in total. The number of aromatic hydroxyl groups is 1. The molecule has 8 heteroatoms. The minimum absolute atomic E-state index is 0.127. The van der Waals surface area contributed by atoms with Gasteiger partial charge in [-0.1, -0.05) is 19.1 Å². The number of aromatic amines is 1. The van der Waals surface area contributed by atoms with Gasteiger partial charge in [0.05, 0.1) is 6.61 Å². The lowest BCUT2D eigenvalue weighted by Gasteiger charge is -2.42. The maximum absolute atomic E-state index is 14.0. The summed E-state index contributed by atoms with van der Waals surface area (Å²) in [5.41, 5.74) is 2.57. The van der Waals surface area contributed by atoms with E-state index < -0.39 is 11.6 Å². The fourth-order valence-corrected chi connectivity index (χ4v) is 6.73. The Morgan fingerprint density at radius 2 is 1.90 bits per heavy atom. The zero-order chi connectivity index (χ0) is 27.3. The molecular weight excluding hydrogens is 492 g/mol. The number of rotatable bonds is 7. The van der Waals surface area contributed by atoms with Crippen LogP contribution in [0.1, 0.15) is 62.9 Å². The monoisotopic (exact) mass is 530 g/mol. The zero-order valence-electron chi connectivity index (χ0n) is 23.1. The van der Waals surface area contributed by atoms with Gasteiger partial charge in [0.2, 0.25) is 0 Å². The second-order valence-corrected chi connectivity index (χ2v) is 11.6. The average Bonchev–Trinajstić information content (AvgIpc) is 3.36. The number of benzene rings is 2. The van der Waals surface area contributed by atoms with Crippen LogP contribution in [0.5, 0.6) is 11.5 Å². The molecule has 2 saturated heterocycles. The maximum atomic E-state index is 14.0. The fraction of sp³-hybridized carbons (Fsp3) is 0.484. The Balaban J connectivity index is 1.36. The Bertz CT molecular complexity index is 1410. The number of hydrogen-bond donors (Lipinski definition) is 2. The van der Waals surface area contributed by atoms with Crippen LogP contribution in [0, 0.1) is 5.92 Å². The van der Waals surface area contributed by atoms with Crippen molar-refractivity contribution in [1.82, 2.24) is 19.7 Å². The third kappa shape index (κ3) is 4.35. The van der Waals surface area contributed by atoms with Crippen LogP contribution in [-0.4, -0.2) is 75.1 Å². The molecule has 2 N–H and O–H groups in total. The first kappa shape index (κ1) is 25.7. The number of hydrogen-bond acceptors (Lipinski definition) is 5. The van der Waals surface area contributed by atoms with Crippen LogP contribution in [0.25, 0.3) is 10.9 Å². The number of carbonyl (C=O) groups excluding carboxylic acids is 2. The predicted molar refractivity (Wildman–Crippen MR) is 150 cm³/mol. The molecule has 0 spiro atoms. The third-order valence-corrected chi connectivity index (χ3v) is 8.87. The van der Waals surface area contributed by atoms with Crippen molar-refractivity contribution in [2.24, 2.45) is 5.92 Å². The van der Waals surface area contributed by atoms with Gasteiger partial charge in [-0.05, 0) is 100 Å². The van der Waals surface area contributed by atoms with Gasteiger partial charge in [-0.15, -0.1) is 0 Å². The summed E-state index contributed by atoms with van der Waals surface area (Å²) >= 11 is 0. The Labute approximate surface area is 229 Å². The summed E-state index contributed by atoms with van der Waals surface area (Å²) in [6.07, 6.45) is 3.59. The van der Waals surface area contributed by atoms with Gasteiger partial charge in [-0.25, -0.2) is 4.79 Å². The lowest BCUT2D eigenvalue weighted by molar-refractivity contribution is -0.133. The molecule has 2 aromatic carbocycles. The normalized spacial score (nSPS) is 23.9. The number of likely N-dealkylation sites (tertiary alicyclic amines) is 1. The van der Waals surface area contributed by atoms with Crippen molar-refractivity contribution in [3.8, 4) is 11.5 Å². The Morgan fingerprint density at radius 1 is 1.10 bits per heavy atom. The van der Waals surface area contributed by atoms with E-state index >= 15 is 0 Å². The van der Waals surface area contributed by atoms with E-state index in [1.54, 1.807) is 23.1 Å². The van der Waals surface area contributed by atoms with Crippen LogP contribution < -0.4 is 4.74 Å². The number of imide groups is 1. The van der Waals surface area contributed by atoms with E-state index in [-0.39, 0.29) is 17.7 Å². The van der Waals surface area contributed by atoms with Gasteiger partial charge in [0, 0.05) is 29.6 Å². The van der Waals surface area contributed by atoms with E-state index in [9.17, 15) is 14.7 Å². The van der Waals surface area contributed by atoms with Crippen molar-refractivity contribution in [2.45, 2.75) is 58.0 Å². The van der Waals surface area contributed by atoms with Crippen LogP contribution in [0.4, 0.5) is 4.79 Å².